The number of nitrogens with zero attached hydrogens (tertiary/aromatic N) is 1. The third-order valence-corrected chi connectivity index (χ3v) is 4.00. The molecule has 1 saturated carbocycles. The molecule has 1 nitrogen and oxygen atoms in total. The van der Waals surface area contributed by atoms with E-state index in [1.54, 1.807) is 0 Å². The lowest BCUT2D eigenvalue weighted by Crippen LogP contribution is -2.27. The van der Waals surface area contributed by atoms with Crippen molar-refractivity contribution in [2.75, 3.05) is 11.9 Å². The molecule has 0 amide bonds. The van der Waals surface area contributed by atoms with Gasteiger partial charge in [-0.2, -0.15) is 0 Å². The molecule has 0 radical (unpaired) electrons. The Kier molecular flexibility index (Phi) is 4.50. The number of rotatable bonds is 5. The Labute approximate surface area is 120 Å². The van der Waals surface area contributed by atoms with Gasteiger partial charge in [0, 0.05) is 24.5 Å². The molecular weight excluding hydrogens is 286 g/mol. The molecule has 0 N–H and O–H groups in total. The zero-order chi connectivity index (χ0) is 13.2. The molecule has 2 rings (SSSR count). The van der Waals surface area contributed by atoms with Crippen molar-refractivity contribution in [3.63, 3.8) is 0 Å². The van der Waals surface area contributed by atoms with Crippen LogP contribution in [0.4, 0.5) is 0 Å². The zero-order valence-corrected chi connectivity index (χ0v) is 13.3. The van der Waals surface area contributed by atoms with Gasteiger partial charge in [-0.15, -0.1) is 0 Å². The summed E-state index contributed by atoms with van der Waals surface area (Å²) in [4.78, 5) is 2.60. The minimum atomic E-state index is 0.255. The van der Waals surface area contributed by atoms with Crippen LogP contribution in [0.2, 0.25) is 0 Å². The van der Waals surface area contributed by atoms with Crippen LogP contribution >= 0.6 is 15.9 Å². The molecule has 0 aromatic heterocycles. The van der Waals surface area contributed by atoms with Crippen molar-refractivity contribution in [1.29, 1.82) is 0 Å². The predicted molar refractivity (Wildman–Crippen MR) is 82.4 cm³/mol. The number of alkyl halides is 1. The van der Waals surface area contributed by atoms with Crippen LogP contribution in [0.5, 0.6) is 0 Å². The molecule has 0 saturated heterocycles. The molecular formula is C16H24BrN. The Bertz CT molecular complexity index is 373. The highest BCUT2D eigenvalue weighted by atomic mass is 79.9. The highest BCUT2D eigenvalue weighted by molar-refractivity contribution is 9.09. The summed E-state index contributed by atoms with van der Waals surface area (Å²) in [6, 6.07) is 10.0. The normalized spacial score (nSPS) is 16.3. The first kappa shape index (κ1) is 14.1. The number of hydrogen-bond acceptors (Lipinski definition) is 1. The Morgan fingerprint density at radius 2 is 1.78 bits per heavy atom. The lowest BCUT2D eigenvalue weighted by Gasteiger charge is -2.22. The summed E-state index contributed by atoms with van der Waals surface area (Å²) < 4.78 is 0. The molecule has 1 fully saturated rings. The van der Waals surface area contributed by atoms with Crippen LogP contribution in [-0.4, -0.2) is 22.8 Å². The maximum Gasteiger partial charge on any atom is 0.0237 e. The SMILES string of the molecule is CC(C)(C)c1ccc(CN(CCBr)C2CC2)cc1. The van der Waals surface area contributed by atoms with Gasteiger partial charge in [0.15, 0.2) is 0 Å². The first-order valence-corrected chi connectivity index (χ1v) is 8.02. The van der Waals surface area contributed by atoms with Crippen LogP contribution in [0.25, 0.3) is 0 Å². The fraction of sp³-hybridized carbons (Fsp3) is 0.625. The Hall–Kier alpha value is -0.340. The molecule has 1 aromatic carbocycles. The summed E-state index contributed by atoms with van der Waals surface area (Å²) in [6.45, 7) is 9.06. The molecule has 0 bridgehead atoms. The maximum absolute atomic E-state index is 3.56. The van der Waals surface area contributed by atoms with Crippen molar-refractivity contribution in [1.82, 2.24) is 4.90 Å². The first-order chi connectivity index (χ1) is 8.50. The number of halogens is 1. The van der Waals surface area contributed by atoms with E-state index in [1.165, 1.54) is 24.0 Å². The van der Waals surface area contributed by atoms with Crippen molar-refractivity contribution in [2.45, 2.75) is 51.6 Å². The summed E-state index contributed by atoms with van der Waals surface area (Å²) >= 11 is 3.56. The van der Waals surface area contributed by atoms with E-state index >= 15 is 0 Å². The van der Waals surface area contributed by atoms with Crippen molar-refractivity contribution in [3.8, 4) is 0 Å². The summed E-state index contributed by atoms with van der Waals surface area (Å²) in [6.07, 6.45) is 2.76. The molecule has 2 heteroatoms. The fourth-order valence-electron chi connectivity index (χ4n) is 2.28. The Morgan fingerprint density at radius 1 is 1.17 bits per heavy atom. The monoisotopic (exact) mass is 309 g/mol. The van der Waals surface area contributed by atoms with E-state index in [4.69, 9.17) is 0 Å². The Morgan fingerprint density at radius 3 is 2.22 bits per heavy atom. The number of benzene rings is 1. The van der Waals surface area contributed by atoms with Crippen molar-refractivity contribution in [3.05, 3.63) is 35.4 Å². The largest absolute Gasteiger partial charge is 0.295 e. The predicted octanol–water partition coefficient (Wildman–Crippen LogP) is 4.34. The lowest BCUT2D eigenvalue weighted by molar-refractivity contribution is 0.272. The van der Waals surface area contributed by atoms with Crippen LogP contribution < -0.4 is 0 Å². The van der Waals surface area contributed by atoms with Gasteiger partial charge in [0.05, 0.1) is 0 Å². The quantitative estimate of drug-likeness (QED) is 0.731. The topological polar surface area (TPSA) is 3.24 Å². The second-order valence-corrected chi connectivity index (χ2v) is 7.13. The van der Waals surface area contributed by atoms with Gasteiger partial charge in [0.1, 0.15) is 0 Å². The maximum atomic E-state index is 3.56. The van der Waals surface area contributed by atoms with Crippen LogP contribution in [0.15, 0.2) is 24.3 Å². The number of hydrogen-bond donors (Lipinski definition) is 0. The Balaban J connectivity index is 2.00. The minimum absolute atomic E-state index is 0.255. The summed E-state index contributed by atoms with van der Waals surface area (Å²) in [7, 11) is 0. The molecule has 0 heterocycles. The van der Waals surface area contributed by atoms with Crippen molar-refractivity contribution in [2.24, 2.45) is 0 Å². The van der Waals surface area contributed by atoms with Gasteiger partial charge in [0.25, 0.3) is 0 Å². The average Bonchev–Trinajstić information content (AvgIpc) is 3.12. The molecule has 0 atom stereocenters. The van der Waals surface area contributed by atoms with E-state index in [0.29, 0.717) is 0 Å². The van der Waals surface area contributed by atoms with Crippen molar-refractivity contribution < 1.29 is 0 Å². The van der Waals surface area contributed by atoms with Gasteiger partial charge in [-0.25, -0.2) is 0 Å². The molecule has 0 aliphatic heterocycles. The minimum Gasteiger partial charge on any atom is -0.295 e. The second kappa shape index (κ2) is 5.75. The summed E-state index contributed by atoms with van der Waals surface area (Å²) in [5.74, 6) is 0. The van der Waals surface area contributed by atoms with E-state index < -0.39 is 0 Å². The van der Waals surface area contributed by atoms with Gasteiger partial charge in [-0.05, 0) is 29.4 Å². The smallest absolute Gasteiger partial charge is 0.0237 e. The molecule has 0 spiro atoms. The summed E-state index contributed by atoms with van der Waals surface area (Å²) in [5, 5.41) is 1.07. The molecule has 1 aliphatic rings. The van der Waals surface area contributed by atoms with E-state index in [1.807, 2.05) is 0 Å². The van der Waals surface area contributed by atoms with E-state index in [9.17, 15) is 0 Å². The van der Waals surface area contributed by atoms with Gasteiger partial charge >= 0.3 is 0 Å². The zero-order valence-electron chi connectivity index (χ0n) is 11.7. The summed E-state index contributed by atoms with van der Waals surface area (Å²) in [5.41, 5.74) is 3.12. The first-order valence-electron chi connectivity index (χ1n) is 6.90. The van der Waals surface area contributed by atoms with E-state index in [2.05, 4.69) is 65.9 Å². The fourth-order valence-corrected chi connectivity index (χ4v) is 2.74. The molecule has 0 unspecified atom stereocenters. The van der Waals surface area contributed by atoms with Gasteiger partial charge < -0.3 is 0 Å². The van der Waals surface area contributed by atoms with Crippen LogP contribution in [0, 0.1) is 0 Å². The van der Waals surface area contributed by atoms with Crippen LogP contribution in [0.3, 0.4) is 0 Å². The van der Waals surface area contributed by atoms with Gasteiger partial charge in [0.2, 0.25) is 0 Å². The van der Waals surface area contributed by atoms with Gasteiger partial charge in [-0.1, -0.05) is 61.0 Å². The highest BCUT2D eigenvalue weighted by Gasteiger charge is 2.28. The standard InChI is InChI=1S/C16H24BrN/c1-16(2,3)14-6-4-13(5-7-14)12-18(11-10-17)15-8-9-15/h4-7,15H,8-12H2,1-3H3. The molecule has 1 aliphatic carbocycles. The molecule has 18 heavy (non-hydrogen) atoms. The van der Waals surface area contributed by atoms with Crippen LogP contribution in [-0.2, 0) is 12.0 Å². The second-order valence-electron chi connectivity index (χ2n) is 6.34. The molecule has 100 valence electrons. The van der Waals surface area contributed by atoms with Gasteiger partial charge in [-0.3, -0.25) is 4.90 Å². The molecule has 1 aromatic rings. The van der Waals surface area contributed by atoms with E-state index in [0.717, 1.165) is 24.5 Å². The average molecular weight is 310 g/mol. The van der Waals surface area contributed by atoms with E-state index in [-0.39, 0.29) is 5.41 Å². The third kappa shape index (κ3) is 3.83. The lowest BCUT2D eigenvalue weighted by atomic mass is 9.87. The third-order valence-electron chi connectivity index (χ3n) is 3.64. The van der Waals surface area contributed by atoms with Crippen molar-refractivity contribution >= 4 is 15.9 Å². The highest BCUT2D eigenvalue weighted by Crippen LogP contribution is 2.29. The van der Waals surface area contributed by atoms with Crippen LogP contribution in [0.1, 0.15) is 44.7 Å².